The largest absolute Gasteiger partial charge is 0.382 e. The van der Waals surface area contributed by atoms with Gasteiger partial charge in [-0.1, -0.05) is 6.07 Å². The van der Waals surface area contributed by atoms with Gasteiger partial charge in [-0.25, -0.2) is 0 Å². The molecule has 6 nitrogen and oxygen atoms in total. The molecule has 1 heterocycles. The second-order valence-electron chi connectivity index (χ2n) is 4.22. The van der Waals surface area contributed by atoms with Gasteiger partial charge in [0.15, 0.2) is 5.96 Å². The van der Waals surface area contributed by atoms with Gasteiger partial charge in [-0.05, 0) is 18.6 Å². The highest BCUT2D eigenvalue weighted by molar-refractivity contribution is 5.77. The minimum absolute atomic E-state index is 0.470. The predicted octanol–water partition coefficient (Wildman–Crippen LogP) is 0.582. The number of ether oxygens (including phenoxy) is 2. The van der Waals surface area contributed by atoms with E-state index in [1.807, 2.05) is 18.2 Å². The lowest BCUT2D eigenvalue weighted by Crippen LogP contribution is -2.33. The number of aliphatic imine (C=N–C) groups is 1. The molecule has 0 fully saturated rings. The highest BCUT2D eigenvalue weighted by Crippen LogP contribution is 1.92. The molecule has 0 unspecified atom stereocenters. The summed E-state index contributed by atoms with van der Waals surface area (Å²) in [5, 5.41) is 3.07. The topological polar surface area (TPSA) is 81.8 Å². The summed E-state index contributed by atoms with van der Waals surface area (Å²) < 4.78 is 10.2. The van der Waals surface area contributed by atoms with Gasteiger partial charge in [-0.2, -0.15) is 0 Å². The first-order valence-corrected chi connectivity index (χ1v) is 6.83. The number of hydrogen-bond donors (Lipinski definition) is 2. The van der Waals surface area contributed by atoms with Crippen LogP contribution in [0.15, 0.2) is 29.4 Å². The molecule has 0 saturated carbocycles. The molecule has 0 aliphatic carbocycles. The van der Waals surface area contributed by atoms with Gasteiger partial charge in [-0.15, -0.1) is 0 Å². The molecule has 1 rings (SSSR count). The van der Waals surface area contributed by atoms with Gasteiger partial charge in [0.05, 0.1) is 13.2 Å². The third-order valence-corrected chi connectivity index (χ3v) is 2.57. The van der Waals surface area contributed by atoms with E-state index >= 15 is 0 Å². The maximum atomic E-state index is 5.76. The molecule has 112 valence electrons. The van der Waals surface area contributed by atoms with E-state index in [0.29, 0.717) is 32.3 Å². The average molecular weight is 280 g/mol. The normalized spacial score (nSPS) is 11.6. The molecule has 0 amide bonds. The highest BCUT2D eigenvalue weighted by atomic mass is 16.5. The standard InChI is InChI=1S/C14H24N4O2/c1-19-11-12-20-10-4-8-17-14(15)18-9-6-13-5-2-3-7-16-13/h2-3,5,7H,4,6,8-12H2,1H3,(H3,15,17,18). The molecule has 0 bridgehead atoms. The Morgan fingerprint density at radius 3 is 3.00 bits per heavy atom. The van der Waals surface area contributed by atoms with Crippen molar-refractivity contribution in [3.8, 4) is 0 Å². The Morgan fingerprint density at radius 1 is 1.35 bits per heavy atom. The molecule has 3 N–H and O–H groups in total. The summed E-state index contributed by atoms with van der Waals surface area (Å²) in [4.78, 5) is 8.46. The molecule has 0 aliphatic rings. The molecular weight excluding hydrogens is 256 g/mol. The van der Waals surface area contributed by atoms with Crippen LogP contribution in [-0.2, 0) is 15.9 Å². The Hall–Kier alpha value is -1.66. The van der Waals surface area contributed by atoms with Crippen LogP contribution in [0.3, 0.4) is 0 Å². The van der Waals surface area contributed by atoms with Crippen LogP contribution in [0, 0.1) is 0 Å². The van der Waals surface area contributed by atoms with Gasteiger partial charge in [0.25, 0.3) is 0 Å². The minimum Gasteiger partial charge on any atom is -0.382 e. The van der Waals surface area contributed by atoms with Gasteiger partial charge in [0.2, 0.25) is 0 Å². The van der Waals surface area contributed by atoms with Gasteiger partial charge in [-0.3, -0.25) is 9.98 Å². The molecule has 0 aromatic carbocycles. The summed E-state index contributed by atoms with van der Waals surface area (Å²) in [5.41, 5.74) is 6.80. The number of nitrogens with one attached hydrogen (secondary N) is 1. The van der Waals surface area contributed by atoms with E-state index < -0.39 is 0 Å². The number of aromatic nitrogens is 1. The van der Waals surface area contributed by atoms with Crippen molar-refractivity contribution in [3.05, 3.63) is 30.1 Å². The van der Waals surface area contributed by atoms with Crippen molar-refractivity contribution in [3.63, 3.8) is 0 Å². The quantitative estimate of drug-likeness (QED) is 0.372. The van der Waals surface area contributed by atoms with E-state index in [9.17, 15) is 0 Å². The van der Waals surface area contributed by atoms with Crippen LogP contribution < -0.4 is 11.1 Å². The van der Waals surface area contributed by atoms with Crippen LogP contribution in [0.2, 0.25) is 0 Å². The van der Waals surface area contributed by atoms with E-state index in [2.05, 4.69) is 15.3 Å². The zero-order chi connectivity index (χ0) is 14.5. The lowest BCUT2D eigenvalue weighted by atomic mass is 10.3. The molecule has 0 atom stereocenters. The van der Waals surface area contributed by atoms with Crippen molar-refractivity contribution in [1.82, 2.24) is 10.3 Å². The fraction of sp³-hybridized carbons (Fsp3) is 0.571. The van der Waals surface area contributed by atoms with Crippen molar-refractivity contribution in [2.75, 3.05) is 40.0 Å². The lowest BCUT2D eigenvalue weighted by Gasteiger charge is -2.05. The highest BCUT2D eigenvalue weighted by Gasteiger charge is 1.95. The zero-order valence-corrected chi connectivity index (χ0v) is 12.0. The van der Waals surface area contributed by atoms with E-state index in [1.54, 1.807) is 13.3 Å². The number of nitrogens with two attached hydrogens (primary N) is 1. The fourth-order valence-corrected chi connectivity index (χ4v) is 1.53. The second kappa shape index (κ2) is 11.2. The number of rotatable bonds is 10. The Kier molecular flexibility index (Phi) is 9.17. The average Bonchev–Trinajstić information content (AvgIpc) is 2.47. The van der Waals surface area contributed by atoms with Gasteiger partial charge in [0, 0.05) is 45.1 Å². The smallest absolute Gasteiger partial charge is 0.188 e. The first-order chi connectivity index (χ1) is 9.83. The Morgan fingerprint density at radius 2 is 2.25 bits per heavy atom. The van der Waals surface area contributed by atoms with Gasteiger partial charge < -0.3 is 20.5 Å². The molecule has 0 aliphatic heterocycles. The summed E-state index contributed by atoms with van der Waals surface area (Å²) in [5.74, 6) is 0.470. The molecule has 1 aromatic rings. The predicted molar refractivity (Wildman–Crippen MR) is 79.7 cm³/mol. The van der Waals surface area contributed by atoms with Crippen molar-refractivity contribution in [2.24, 2.45) is 10.7 Å². The van der Waals surface area contributed by atoms with E-state index in [0.717, 1.165) is 25.1 Å². The molecule has 0 saturated heterocycles. The van der Waals surface area contributed by atoms with Gasteiger partial charge >= 0.3 is 0 Å². The number of nitrogens with zero attached hydrogens (tertiary/aromatic N) is 2. The van der Waals surface area contributed by atoms with Crippen LogP contribution in [0.25, 0.3) is 0 Å². The monoisotopic (exact) mass is 280 g/mol. The maximum Gasteiger partial charge on any atom is 0.188 e. The Bertz CT molecular complexity index is 371. The summed E-state index contributed by atoms with van der Waals surface area (Å²) in [6.07, 6.45) is 3.47. The third-order valence-electron chi connectivity index (χ3n) is 2.57. The number of methoxy groups -OCH3 is 1. The van der Waals surface area contributed by atoms with Crippen molar-refractivity contribution >= 4 is 5.96 Å². The summed E-state index contributed by atoms with van der Waals surface area (Å²) in [6, 6.07) is 5.87. The Labute approximate surface area is 120 Å². The number of guanidine groups is 1. The van der Waals surface area contributed by atoms with Gasteiger partial charge in [0.1, 0.15) is 0 Å². The SMILES string of the molecule is COCCOCCCN=C(N)NCCc1ccccn1. The molecule has 0 radical (unpaired) electrons. The van der Waals surface area contributed by atoms with Crippen LogP contribution in [0.1, 0.15) is 12.1 Å². The van der Waals surface area contributed by atoms with Crippen molar-refractivity contribution in [1.29, 1.82) is 0 Å². The molecule has 6 heteroatoms. The van der Waals surface area contributed by atoms with Crippen molar-refractivity contribution in [2.45, 2.75) is 12.8 Å². The first-order valence-electron chi connectivity index (χ1n) is 6.83. The third kappa shape index (κ3) is 8.44. The number of pyridine rings is 1. The van der Waals surface area contributed by atoms with Crippen molar-refractivity contribution < 1.29 is 9.47 Å². The van der Waals surface area contributed by atoms with E-state index in [-0.39, 0.29) is 0 Å². The summed E-state index contributed by atoms with van der Waals surface area (Å²) in [7, 11) is 1.66. The second-order valence-corrected chi connectivity index (χ2v) is 4.22. The zero-order valence-electron chi connectivity index (χ0n) is 12.0. The fourth-order valence-electron chi connectivity index (χ4n) is 1.53. The van der Waals surface area contributed by atoms with E-state index in [1.165, 1.54) is 0 Å². The first kappa shape index (κ1) is 16.4. The van der Waals surface area contributed by atoms with Crippen LogP contribution >= 0.6 is 0 Å². The maximum absolute atomic E-state index is 5.76. The molecule has 20 heavy (non-hydrogen) atoms. The van der Waals surface area contributed by atoms with E-state index in [4.69, 9.17) is 15.2 Å². The summed E-state index contributed by atoms with van der Waals surface area (Å²) in [6.45, 7) is 3.32. The van der Waals surface area contributed by atoms with Crippen LogP contribution in [-0.4, -0.2) is 51.0 Å². The molecular formula is C14H24N4O2. The van der Waals surface area contributed by atoms with Crippen LogP contribution in [0.4, 0.5) is 0 Å². The number of hydrogen-bond acceptors (Lipinski definition) is 4. The summed E-state index contributed by atoms with van der Waals surface area (Å²) >= 11 is 0. The minimum atomic E-state index is 0.470. The van der Waals surface area contributed by atoms with Crippen LogP contribution in [0.5, 0.6) is 0 Å². The molecule has 1 aromatic heterocycles. The lowest BCUT2D eigenvalue weighted by molar-refractivity contribution is 0.0702. The molecule has 0 spiro atoms. The Balaban J connectivity index is 2.01.